The first-order chi connectivity index (χ1) is 13.4. The molecule has 28 heavy (non-hydrogen) atoms. The van der Waals surface area contributed by atoms with E-state index in [0.717, 1.165) is 5.82 Å². The van der Waals surface area contributed by atoms with Crippen molar-refractivity contribution >= 4 is 11.5 Å². The van der Waals surface area contributed by atoms with E-state index >= 15 is 0 Å². The Labute approximate surface area is 168 Å². The van der Waals surface area contributed by atoms with Crippen LogP contribution in [0.25, 0.3) is 0 Å². The highest BCUT2D eigenvalue weighted by Crippen LogP contribution is 2.48. The lowest BCUT2D eigenvalue weighted by Gasteiger charge is -2.42. The van der Waals surface area contributed by atoms with Gasteiger partial charge in [0.05, 0.1) is 18.3 Å². The quantitative estimate of drug-likeness (QED) is 0.626. The van der Waals surface area contributed by atoms with Crippen LogP contribution in [0.3, 0.4) is 0 Å². The molecule has 146 valence electrons. The largest absolute Gasteiger partial charge is 0.341 e. The summed E-state index contributed by atoms with van der Waals surface area (Å²) in [4.78, 5) is 5.16. The third kappa shape index (κ3) is 3.07. The zero-order chi connectivity index (χ0) is 19.9. The Balaban J connectivity index is 1.93. The van der Waals surface area contributed by atoms with Crippen LogP contribution in [0.1, 0.15) is 39.3 Å². The zero-order valence-electron chi connectivity index (χ0n) is 17.4. The normalized spacial score (nSPS) is 22.7. The molecule has 3 atom stereocenters. The van der Waals surface area contributed by atoms with Crippen molar-refractivity contribution < 1.29 is 0 Å². The summed E-state index contributed by atoms with van der Waals surface area (Å²) in [6, 6.07) is 24.4. The van der Waals surface area contributed by atoms with E-state index in [1.165, 1.54) is 11.3 Å². The fourth-order valence-electron chi connectivity index (χ4n) is 4.67. The summed E-state index contributed by atoms with van der Waals surface area (Å²) in [6.07, 6.45) is 2.09. The van der Waals surface area contributed by atoms with Gasteiger partial charge in [-0.1, -0.05) is 69.3 Å². The van der Waals surface area contributed by atoms with Crippen LogP contribution in [0, 0.1) is 5.41 Å². The molecular weight excluding hydrogens is 344 g/mol. The van der Waals surface area contributed by atoms with Crippen molar-refractivity contribution in [2.45, 2.75) is 45.9 Å². The SMILES string of the molecule is C[C@H]1C(c2ccccc2)N(c2ccccc2)C(C(C)(C)C)N1c1ccnn1C. The monoisotopic (exact) mass is 374 g/mol. The van der Waals surface area contributed by atoms with Crippen LogP contribution < -0.4 is 9.80 Å². The van der Waals surface area contributed by atoms with E-state index in [0.29, 0.717) is 6.04 Å². The second kappa shape index (κ2) is 7.01. The van der Waals surface area contributed by atoms with Gasteiger partial charge in [0.15, 0.2) is 0 Å². The van der Waals surface area contributed by atoms with Gasteiger partial charge in [-0.2, -0.15) is 5.10 Å². The molecule has 1 saturated heterocycles. The lowest BCUT2D eigenvalue weighted by atomic mass is 9.90. The zero-order valence-corrected chi connectivity index (χ0v) is 17.4. The summed E-state index contributed by atoms with van der Waals surface area (Å²) in [6.45, 7) is 9.33. The standard InChI is InChI=1S/C24H30N4/c1-18-22(19-12-8-6-9-13-19)28(20-14-10-7-11-15-20)23(24(2,3)4)27(18)21-16-17-25-26(21)5/h6-18,22-23H,1-5H3/t18-,22?,23?/m0/s1. The molecule has 4 rings (SSSR count). The molecule has 2 aromatic carbocycles. The summed E-state index contributed by atoms with van der Waals surface area (Å²) in [5.74, 6) is 1.16. The first kappa shape index (κ1) is 18.6. The first-order valence-corrected chi connectivity index (χ1v) is 10.0. The number of nitrogens with zero attached hydrogens (tertiary/aromatic N) is 4. The second-order valence-electron chi connectivity index (χ2n) is 8.80. The first-order valence-electron chi connectivity index (χ1n) is 10.0. The van der Waals surface area contributed by atoms with Gasteiger partial charge in [0.1, 0.15) is 12.0 Å². The molecule has 1 aliphatic heterocycles. The Bertz CT molecular complexity index is 911. The van der Waals surface area contributed by atoms with Crippen molar-refractivity contribution in [2.24, 2.45) is 12.5 Å². The average Bonchev–Trinajstić information content (AvgIpc) is 3.23. The Kier molecular flexibility index (Phi) is 4.66. The van der Waals surface area contributed by atoms with E-state index in [4.69, 9.17) is 0 Å². The molecule has 1 aliphatic rings. The number of aryl methyl sites for hydroxylation is 1. The van der Waals surface area contributed by atoms with Crippen LogP contribution >= 0.6 is 0 Å². The fourth-order valence-corrected chi connectivity index (χ4v) is 4.67. The maximum absolute atomic E-state index is 4.46. The summed E-state index contributed by atoms with van der Waals surface area (Å²) in [5, 5.41) is 4.46. The Hall–Kier alpha value is -2.75. The summed E-state index contributed by atoms with van der Waals surface area (Å²) >= 11 is 0. The average molecular weight is 375 g/mol. The van der Waals surface area contributed by atoms with Crippen molar-refractivity contribution in [3.8, 4) is 0 Å². The molecule has 0 radical (unpaired) electrons. The highest BCUT2D eigenvalue weighted by Gasteiger charge is 2.50. The van der Waals surface area contributed by atoms with Gasteiger partial charge in [-0.3, -0.25) is 4.68 Å². The van der Waals surface area contributed by atoms with Crippen molar-refractivity contribution in [3.63, 3.8) is 0 Å². The molecule has 0 N–H and O–H groups in total. The number of rotatable bonds is 3. The van der Waals surface area contributed by atoms with Gasteiger partial charge >= 0.3 is 0 Å². The van der Waals surface area contributed by atoms with Crippen molar-refractivity contribution in [1.29, 1.82) is 0 Å². The summed E-state index contributed by atoms with van der Waals surface area (Å²) < 4.78 is 1.99. The highest BCUT2D eigenvalue weighted by atomic mass is 15.5. The van der Waals surface area contributed by atoms with E-state index in [9.17, 15) is 0 Å². The number of anilines is 2. The molecule has 3 aromatic rings. The summed E-state index contributed by atoms with van der Waals surface area (Å²) in [5.41, 5.74) is 2.64. The fraction of sp³-hybridized carbons (Fsp3) is 0.375. The lowest BCUT2D eigenvalue weighted by molar-refractivity contribution is 0.314. The molecule has 2 heterocycles. The lowest BCUT2D eigenvalue weighted by Crippen LogP contribution is -2.50. The number of aromatic nitrogens is 2. The molecule has 4 nitrogen and oxygen atoms in total. The number of para-hydroxylation sites is 1. The van der Waals surface area contributed by atoms with Crippen molar-refractivity contribution in [3.05, 3.63) is 78.5 Å². The van der Waals surface area contributed by atoms with E-state index in [1.54, 1.807) is 0 Å². The number of hydrogen-bond donors (Lipinski definition) is 0. The number of hydrogen-bond acceptors (Lipinski definition) is 3. The van der Waals surface area contributed by atoms with Gasteiger partial charge in [-0.25, -0.2) is 0 Å². The van der Waals surface area contributed by atoms with Crippen LogP contribution in [0.2, 0.25) is 0 Å². The Morgan fingerprint density at radius 1 is 0.821 bits per heavy atom. The van der Waals surface area contributed by atoms with Crippen LogP contribution in [0.4, 0.5) is 11.5 Å². The Morgan fingerprint density at radius 3 is 1.96 bits per heavy atom. The smallest absolute Gasteiger partial charge is 0.128 e. The second-order valence-corrected chi connectivity index (χ2v) is 8.80. The molecule has 1 aromatic heterocycles. The van der Waals surface area contributed by atoms with Crippen molar-refractivity contribution in [2.75, 3.05) is 9.80 Å². The molecule has 0 spiro atoms. The van der Waals surface area contributed by atoms with Gasteiger partial charge in [-0.05, 0) is 24.6 Å². The Morgan fingerprint density at radius 2 is 1.43 bits per heavy atom. The van der Waals surface area contributed by atoms with Gasteiger partial charge in [0.2, 0.25) is 0 Å². The van der Waals surface area contributed by atoms with E-state index in [1.807, 2.05) is 17.9 Å². The molecule has 2 unspecified atom stereocenters. The molecule has 0 amide bonds. The molecular formula is C24H30N4. The molecule has 1 fully saturated rings. The van der Waals surface area contributed by atoms with Crippen LogP contribution in [-0.4, -0.2) is 22.0 Å². The van der Waals surface area contributed by atoms with E-state index in [2.05, 4.69) is 109 Å². The minimum absolute atomic E-state index is 0.0396. The molecule has 0 bridgehead atoms. The van der Waals surface area contributed by atoms with Crippen molar-refractivity contribution in [1.82, 2.24) is 9.78 Å². The third-order valence-electron chi connectivity index (χ3n) is 5.75. The van der Waals surface area contributed by atoms with Gasteiger partial charge < -0.3 is 9.80 Å². The van der Waals surface area contributed by atoms with Gasteiger partial charge in [0, 0.05) is 24.2 Å². The predicted octanol–water partition coefficient (Wildman–Crippen LogP) is 5.25. The van der Waals surface area contributed by atoms with Gasteiger partial charge in [-0.15, -0.1) is 0 Å². The van der Waals surface area contributed by atoms with Crippen LogP contribution in [0.5, 0.6) is 0 Å². The summed E-state index contributed by atoms with van der Waals surface area (Å²) in [7, 11) is 2.03. The topological polar surface area (TPSA) is 24.3 Å². The highest BCUT2D eigenvalue weighted by molar-refractivity contribution is 5.59. The van der Waals surface area contributed by atoms with Crippen LogP contribution in [0.15, 0.2) is 72.9 Å². The van der Waals surface area contributed by atoms with E-state index in [-0.39, 0.29) is 17.6 Å². The molecule has 0 saturated carbocycles. The van der Waals surface area contributed by atoms with E-state index < -0.39 is 0 Å². The molecule has 4 heteroatoms. The predicted molar refractivity (Wildman–Crippen MR) is 116 cm³/mol. The maximum Gasteiger partial charge on any atom is 0.128 e. The minimum Gasteiger partial charge on any atom is -0.341 e. The van der Waals surface area contributed by atoms with Crippen LogP contribution in [-0.2, 0) is 7.05 Å². The minimum atomic E-state index is 0.0396. The molecule has 0 aliphatic carbocycles. The third-order valence-corrected chi connectivity index (χ3v) is 5.75. The maximum atomic E-state index is 4.46. The number of benzene rings is 2. The van der Waals surface area contributed by atoms with Gasteiger partial charge in [0.25, 0.3) is 0 Å².